The number of ketones is 1. The summed E-state index contributed by atoms with van der Waals surface area (Å²) in [7, 11) is 1.60. The predicted octanol–water partition coefficient (Wildman–Crippen LogP) is 2.78. The lowest BCUT2D eigenvalue weighted by Crippen LogP contribution is -2.00. The van der Waals surface area contributed by atoms with Crippen LogP contribution < -0.4 is 4.74 Å². The van der Waals surface area contributed by atoms with Crippen molar-refractivity contribution in [2.45, 2.75) is 6.42 Å². The summed E-state index contributed by atoms with van der Waals surface area (Å²) in [6.45, 7) is 0. The molecule has 7 nitrogen and oxygen atoms in total. The van der Waals surface area contributed by atoms with E-state index in [-0.39, 0.29) is 11.6 Å². The number of aliphatic hydroxyl groups is 1. The second kappa shape index (κ2) is 6.82. The van der Waals surface area contributed by atoms with Crippen molar-refractivity contribution in [2.75, 3.05) is 7.11 Å². The Morgan fingerprint density at radius 1 is 1.42 bits per heavy atom. The van der Waals surface area contributed by atoms with Crippen LogP contribution in [-0.4, -0.2) is 33.2 Å². The highest BCUT2D eigenvalue weighted by atomic mass is 16.5. The van der Waals surface area contributed by atoms with Crippen LogP contribution >= 0.6 is 0 Å². The summed E-state index contributed by atoms with van der Waals surface area (Å²) in [6, 6.07) is 7.58. The standard InChI is InChI=1S/C17H15N3O4/c1-23-13-4-2-3-11(6-13)5-12-8-24-9-14(12)15(21)7-16(22)17-18-10-19-20-17/h2-4,6-10,21H,5H2,1H3,(H,18,19,20). The first-order valence-corrected chi connectivity index (χ1v) is 7.16. The highest BCUT2D eigenvalue weighted by molar-refractivity contribution is 6.05. The maximum atomic E-state index is 11.9. The van der Waals surface area contributed by atoms with Crippen molar-refractivity contribution in [1.82, 2.24) is 15.2 Å². The third kappa shape index (κ3) is 3.35. The predicted molar refractivity (Wildman–Crippen MR) is 85.8 cm³/mol. The van der Waals surface area contributed by atoms with Crippen LogP contribution in [0.5, 0.6) is 5.75 Å². The molecular weight excluding hydrogens is 310 g/mol. The number of carbonyl (C=O) groups excluding carboxylic acids is 1. The van der Waals surface area contributed by atoms with Crippen molar-refractivity contribution < 1.29 is 19.1 Å². The van der Waals surface area contributed by atoms with Crippen LogP contribution in [0, 0.1) is 0 Å². The molecule has 3 aromatic rings. The molecule has 24 heavy (non-hydrogen) atoms. The molecule has 2 heterocycles. The van der Waals surface area contributed by atoms with Crippen molar-refractivity contribution in [3.63, 3.8) is 0 Å². The number of ether oxygens (including phenoxy) is 1. The highest BCUT2D eigenvalue weighted by Crippen LogP contribution is 2.23. The number of aliphatic hydroxyl groups excluding tert-OH is 1. The first-order chi connectivity index (χ1) is 11.7. The van der Waals surface area contributed by atoms with Gasteiger partial charge in [-0.15, -0.1) is 0 Å². The van der Waals surface area contributed by atoms with Crippen molar-refractivity contribution >= 4 is 11.5 Å². The topological polar surface area (TPSA) is 101 Å². The van der Waals surface area contributed by atoms with E-state index in [1.807, 2.05) is 24.3 Å². The SMILES string of the molecule is COc1cccc(Cc2cocc2C(O)=CC(=O)c2ncn[nH]2)c1. The Balaban J connectivity index is 1.83. The number of aromatic amines is 1. The van der Waals surface area contributed by atoms with E-state index in [4.69, 9.17) is 9.15 Å². The van der Waals surface area contributed by atoms with Gasteiger partial charge >= 0.3 is 0 Å². The molecule has 0 aliphatic carbocycles. The monoisotopic (exact) mass is 325 g/mol. The minimum atomic E-state index is -0.474. The van der Waals surface area contributed by atoms with Crippen LogP contribution in [0.4, 0.5) is 0 Å². The largest absolute Gasteiger partial charge is 0.507 e. The Morgan fingerprint density at radius 2 is 2.29 bits per heavy atom. The average Bonchev–Trinajstić information content (AvgIpc) is 3.26. The molecule has 122 valence electrons. The molecule has 0 bridgehead atoms. The number of nitrogens with zero attached hydrogens (tertiary/aromatic N) is 2. The number of rotatable bonds is 6. The van der Waals surface area contributed by atoms with Crippen molar-refractivity contribution in [3.8, 4) is 5.75 Å². The maximum Gasteiger partial charge on any atom is 0.226 e. The number of hydrogen-bond donors (Lipinski definition) is 2. The van der Waals surface area contributed by atoms with Gasteiger partial charge in [0.1, 0.15) is 24.1 Å². The molecule has 0 aliphatic heterocycles. The number of furan rings is 1. The van der Waals surface area contributed by atoms with Gasteiger partial charge in [-0.25, -0.2) is 4.98 Å². The summed E-state index contributed by atoms with van der Waals surface area (Å²) >= 11 is 0. The van der Waals surface area contributed by atoms with Crippen LogP contribution in [0.1, 0.15) is 27.3 Å². The van der Waals surface area contributed by atoms with E-state index in [0.717, 1.165) is 23.0 Å². The van der Waals surface area contributed by atoms with E-state index in [1.54, 1.807) is 7.11 Å². The van der Waals surface area contributed by atoms with Gasteiger partial charge in [-0.3, -0.25) is 9.89 Å². The number of H-pyrrole nitrogens is 1. The van der Waals surface area contributed by atoms with Gasteiger partial charge in [0.15, 0.2) is 5.82 Å². The van der Waals surface area contributed by atoms with Crippen LogP contribution in [0.15, 0.2) is 53.6 Å². The zero-order chi connectivity index (χ0) is 16.9. The summed E-state index contributed by atoms with van der Waals surface area (Å²) in [4.78, 5) is 15.7. The second-order valence-corrected chi connectivity index (χ2v) is 5.07. The molecule has 0 fully saturated rings. The van der Waals surface area contributed by atoms with Gasteiger partial charge in [0.25, 0.3) is 0 Å². The number of benzene rings is 1. The van der Waals surface area contributed by atoms with Gasteiger partial charge in [-0.1, -0.05) is 12.1 Å². The Kier molecular flexibility index (Phi) is 4.42. The molecule has 0 spiro atoms. The molecule has 0 unspecified atom stereocenters. The number of carbonyl (C=O) groups is 1. The first-order valence-electron chi connectivity index (χ1n) is 7.16. The summed E-state index contributed by atoms with van der Waals surface area (Å²) in [5.74, 6) is 0.138. The van der Waals surface area contributed by atoms with Crippen molar-refractivity contribution in [2.24, 2.45) is 0 Å². The average molecular weight is 325 g/mol. The van der Waals surface area contributed by atoms with Gasteiger partial charge in [0, 0.05) is 18.1 Å². The highest BCUT2D eigenvalue weighted by Gasteiger charge is 2.14. The lowest BCUT2D eigenvalue weighted by molar-refractivity contribution is 0.103. The van der Waals surface area contributed by atoms with E-state index in [9.17, 15) is 9.90 Å². The Morgan fingerprint density at radius 3 is 3.04 bits per heavy atom. The molecule has 0 saturated carbocycles. The van der Waals surface area contributed by atoms with Gasteiger partial charge < -0.3 is 14.3 Å². The van der Waals surface area contributed by atoms with Crippen LogP contribution in [0.25, 0.3) is 5.76 Å². The Bertz CT molecular complexity index is 866. The number of aromatic nitrogens is 3. The Labute approximate surface area is 137 Å². The lowest BCUT2D eigenvalue weighted by atomic mass is 10.0. The number of allylic oxidation sites excluding steroid dienone is 1. The van der Waals surface area contributed by atoms with Crippen LogP contribution in [0.3, 0.4) is 0 Å². The number of methoxy groups -OCH3 is 1. The fourth-order valence-electron chi connectivity index (χ4n) is 2.28. The maximum absolute atomic E-state index is 11.9. The third-order valence-corrected chi connectivity index (χ3v) is 3.46. The minimum absolute atomic E-state index is 0.0550. The summed E-state index contributed by atoms with van der Waals surface area (Å²) in [5, 5.41) is 16.3. The normalized spacial score (nSPS) is 11.5. The fourth-order valence-corrected chi connectivity index (χ4v) is 2.28. The minimum Gasteiger partial charge on any atom is -0.507 e. The molecule has 1 aromatic carbocycles. The fraction of sp³-hybridized carbons (Fsp3) is 0.118. The van der Waals surface area contributed by atoms with Crippen molar-refractivity contribution in [1.29, 1.82) is 0 Å². The van der Waals surface area contributed by atoms with Gasteiger partial charge in [0.2, 0.25) is 5.78 Å². The molecule has 0 radical (unpaired) electrons. The van der Waals surface area contributed by atoms with E-state index in [2.05, 4.69) is 15.2 Å². The molecule has 2 N–H and O–H groups in total. The summed E-state index contributed by atoms with van der Waals surface area (Å²) in [6.07, 6.45) is 5.77. The second-order valence-electron chi connectivity index (χ2n) is 5.07. The Hall–Kier alpha value is -3.35. The zero-order valence-electron chi connectivity index (χ0n) is 12.9. The summed E-state index contributed by atoms with van der Waals surface area (Å²) in [5.41, 5.74) is 2.19. The van der Waals surface area contributed by atoms with Gasteiger partial charge in [0.05, 0.1) is 18.9 Å². The third-order valence-electron chi connectivity index (χ3n) is 3.46. The van der Waals surface area contributed by atoms with E-state index in [1.165, 1.54) is 18.9 Å². The first kappa shape index (κ1) is 15.5. The van der Waals surface area contributed by atoms with Gasteiger partial charge in [-0.05, 0) is 17.7 Å². The van der Waals surface area contributed by atoms with Crippen LogP contribution in [0.2, 0.25) is 0 Å². The van der Waals surface area contributed by atoms with E-state index >= 15 is 0 Å². The molecule has 3 rings (SSSR count). The molecular formula is C17H15N3O4. The van der Waals surface area contributed by atoms with E-state index in [0.29, 0.717) is 12.0 Å². The quantitative estimate of drug-likeness (QED) is 0.410. The van der Waals surface area contributed by atoms with E-state index < -0.39 is 5.78 Å². The summed E-state index contributed by atoms with van der Waals surface area (Å²) < 4.78 is 10.4. The van der Waals surface area contributed by atoms with Crippen LogP contribution in [-0.2, 0) is 6.42 Å². The molecule has 0 amide bonds. The number of nitrogens with one attached hydrogen (secondary N) is 1. The van der Waals surface area contributed by atoms with Crippen molar-refractivity contribution in [3.05, 3.63) is 71.7 Å². The molecule has 7 heteroatoms. The molecule has 0 aliphatic rings. The molecule has 0 saturated heterocycles. The number of hydrogen-bond acceptors (Lipinski definition) is 6. The molecule has 0 atom stereocenters. The lowest BCUT2D eigenvalue weighted by Gasteiger charge is -2.05. The van der Waals surface area contributed by atoms with Gasteiger partial charge in [-0.2, -0.15) is 5.10 Å². The smallest absolute Gasteiger partial charge is 0.226 e. The zero-order valence-corrected chi connectivity index (χ0v) is 12.9. The molecule has 2 aromatic heterocycles.